The number of alkyl halides is 3. The number of rotatable bonds is 5. The van der Waals surface area contributed by atoms with Crippen molar-refractivity contribution in [3.05, 3.63) is 64.2 Å². The van der Waals surface area contributed by atoms with E-state index in [1.54, 1.807) is 6.07 Å². The molecule has 0 N–H and O–H groups in total. The summed E-state index contributed by atoms with van der Waals surface area (Å²) < 4.78 is 70.9. The van der Waals surface area contributed by atoms with Crippen LogP contribution in [0.5, 0.6) is 0 Å². The molecule has 202 valence electrons. The molecule has 1 fully saturated rings. The maximum Gasteiger partial charge on any atom is 0.523 e. The molecule has 0 bridgehead atoms. The molecule has 1 saturated carbocycles. The molecule has 0 saturated heterocycles. The monoisotopic (exact) mass is 550 g/mol. The summed E-state index contributed by atoms with van der Waals surface area (Å²) in [7, 11) is -8.00. The van der Waals surface area contributed by atoms with Crippen LogP contribution in [0, 0.1) is 5.92 Å². The van der Waals surface area contributed by atoms with Crippen LogP contribution in [0.3, 0.4) is 0 Å². The van der Waals surface area contributed by atoms with Crippen LogP contribution >= 0.6 is 0 Å². The van der Waals surface area contributed by atoms with Crippen LogP contribution in [0.1, 0.15) is 76.6 Å². The van der Waals surface area contributed by atoms with E-state index < -0.39 is 29.6 Å². The van der Waals surface area contributed by atoms with Crippen molar-refractivity contribution in [2.45, 2.75) is 89.0 Å². The van der Waals surface area contributed by atoms with Gasteiger partial charge in [-0.2, -0.15) is 21.6 Å². The second-order valence-corrected chi connectivity index (χ2v) is 17.5. The first kappa shape index (κ1) is 28.1. The predicted molar refractivity (Wildman–Crippen MR) is 147 cm³/mol. The Hall–Kier alpha value is -1.90. The molecule has 0 amide bonds. The minimum absolute atomic E-state index is 0.0321. The molecule has 0 heterocycles. The molecule has 0 aromatic heterocycles. The summed E-state index contributed by atoms with van der Waals surface area (Å²) in [5.74, 6) is 0.0321. The van der Waals surface area contributed by atoms with E-state index >= 15 is 0 Å². The summed E-state index contributed by atoms with van der Waals surface area (Å²) in [5.41, 5.74) is 0.484. The lowest BCUT2D eigenvalue weighted by Gasteiger charge is -2.37. The fourth-order valence-electron chi connectivity index (χ4n) is 5.23. The van der Waals surface area contributed by atoms with Crippen LogP contribution < -0.4 is 0 Å². The highest BCUT2D eigenvalue weighted by Gasteiger charge is 2.58. The SMILES string of the molecule is C[SiH](C)C1(OS(=O)(=O)C(F)(F)F)C(C2CC2)=Cc2c(-c3cc(C(C)(C)C)cc(C(C)(C)C)c3)cccc21. The van der Waals surface area contributed by atoms with Crippen molar-refractivity contribution in [1.82, 2.24) is 0 Å². The van der Waals surface area contributed by atoms with E-state index in [2.05, 4.69) is 59.7 Å². The Kier molecular flexibility index (Phi) is 6.70. The fourth-order valence-corrected chi connectivity index (χ4v) is 8.87. The van der Waals surface area contributed by atoms with Gasteiger partial charge in [-0.3, -0.25) is 4.18 Å². The van der Waals surface area contributed by atoms with Gasteiger partial charge >= 0.3 is 15.6 Å². The van der Waals surface area contributed by atoms with Gasteiger partial charge in [0.25, 0.3) is 0 Å². The number of benzene rings is 2. The molecule has 0 aliphatic heterocycles. The van der Waals surface area contributed by atoms with Gasteiger partial charge in [0, 0.05) is 0 Å². The van der Waals surface area contributed by atoms with Crippen molar-refractivity contribution >= 4 is 25.0 Å². The topological polar surface area (TPSA) is 43.4 Å². The maximum atomic E-state index is 13.6. The smallest absolute Gasteiger partial charge is 0.251 e. The molecule has 8 heteroatoms. The zero-order valence-corrected chi connectivity index (χ0v) is 24.8. The maximum absolute atomic E-state index is 13.6. The van der Waals surface area contributed by atoms with Gasteiger partial charge in [0.2, 0.25) is 0 Å². The van der Waals surface area contributed by atoms with Gasteiger partial charge in [-0.15, -0.1) is 0 Å². The van der Waals surface area contributed by atoms with E-state index in [0.717, 1.165) is 40.7 Å². The first-order valence-electron chi connectivity index (χ1n) is 12.8. The van der Waals surface area contributed by atoms with Crippen molar-refractivity contribution in [1.29, 1.82) is 0 Å². The van der Waals surface area contributed by atoms with Gasteiger partial charge in [0.15, 0.2) is 0 Å². The highest BCUT2D eigenvalue weighted by molar-refractivity contribution is 7.87. The van der Waals surface area contributed by atoms with Crippen molar-refractivity contribution in [3.8, 4) is 11.1 Å². The minimum Gasteiger partial charge on any atom is -0.251 e. The Labute approximate surface area is 220 Å². The molecule has 4 rings (SSSR count). The van der Waals surface area contributed by atoms with E-state index in [1.165, 1.54) is 0 Å². The molecule has 0 radical (unpaired) electrons. The lowest BCUT2D eigenvalue weighted by Crippen LogP contribution is -2.47. The zero-order valence-electron chi connectivity index (χ0n) is 22.9. The molecule has 2 aromatic carbocycles. The third-order valence-corrected chi connectivity index (χ3v) is 11.2. The highest BCUT2D eigenvalue weighted by Crippen LogP contribution is 2.57. The molecular formula is C29H37F3O3SSi. The second-order valence-electron chi connectivity index (χ2n) is 12.8. The van der Waals surface area contributed by atoms with Gasteiger partial charge in [-0.05, 0) is 68.5 Å². The Morgan fingerprint density at radius 3 is 1.89 bits per heavy atom. The highest BCUT2D eigenvalue weighted by atomic mass is 32.2. The first-order chi connectivity index (χ1) is 16.8. The summed E-state index contributed by atoms with van der Waals surface area (Å²) in [5, 5.41) is -1.56. The lowest BCUT2D eigenvalue weighted by atomic mass is 9.78. The number of hydrogen-bond donors (Lipinski definition) is 0. The Morgan fingerprint density at radius 2 is 1.46 bits per heavy atom. The van der Waals surface area contributed by atoms with E-state index in [4.69, 9.17) is 4.18 Å². The molecule has 3 nitrogen and oxygen atoms in total. The van der Waals surface area contributed by atoms with E-state index in [0.29, 0.717) is 11.1 Å². The molecule has 1 unspecified atom stereocenters. The second kappa shape index (κ2) is 8.81. The fraction of sp³-hybridized carbons (Fsp3) is 0.517. The van der Waals surface area contributed by atoms with Crippen LogP contribution in [0.4, 0.5) is 13.2 Å². The molecule has 37 heavy (non-hydrogen) atoms. The van der Waals surface area contributed by atoms with Crippen molar-refractivity contribution in [3.63, 3.8) is 0 Å². The van der Waals surface area contributed by atoms with Gasteiger partial charge in [-0.25, -0.2) is 0 Å². The van der Waals surface area contributed by atoms with E-state index in [1.807, 2.05) is 31.3 Å². The summed E-state index contributed by atoms with van der Waals surface area (Å²) in [6.45, 7) is 16.7. The number of halogens is 3. The van der Waals surface area contributed by atoms with Crippen molar-refractivity contribution in [2.24, 2.45) is 5.92 Å². The normalized spacial score (nSPS) is 20.8. The summed E-state index contributed by atoms with van der Waals surface area (Å²) in [6.07, 6.45) is 3.57. The van der Waals surface area contributed by atoms with Gasteiger partial charge in [-0.1, -0.05) is 97.1 Å². The van der Waals surface area contributed by atoms with Crippen LogP contribution in [-0.2, 0) is 30.4 Å². The van der Waals surface area contributed by atoms with Crippen molar-refractivity contribution < 1.29 is 25.8 Å². The Balaban J connectivity index is 2.00. The minimum atomic E-state index is -5.80. The number of fused-ring (bicyclic) bond motifs is 1. The van der Waals surface area contributed by atoms with Crippen LogP contribution in [0.15, 0.2) is 42.0 Å². The van der Waals surface area contributed by atoms with Gasteiger partial charge < -0.3 is 0 Å². The standard InChI is InChI=1S/C29H37F3O3SSi/c1-26(2,3)20-14-19(15-21(16-20)27(4,5)6)22-10-9-11-24-23(22)17-25(18-12-13-18)28(24,37(7)8)35-36(33,34)29(30,31)32/h9-11,14-18,37H,12-13H2,1-8H3. The largest absolute Gasteiger partial charge is 0.523 e. The number of hydrogen-bond acceptors (Lipinski definition) is 3. The molecular weight excluding hydrogens is 513 g/mol. The quantitative estimate of drug-likeness (QED) is 0.216. The predicted octanol–water partition coefficient (Wildman–Crippen LogP) is 7.84. The lowest BCUT2D eigenvalue weighted by molar-refractivity contribution is -0.0584. The molecule has 2 aliphatic rings. The summed E-state index contributed by atoms with van der Waals surface area (Å²) in [6, 6.07) is 12.1. The molecule has 2 aromatic rings. The summed E-state index contributed by atoms with van der Waals surface area (Å²) in [4.78, 5) is 0. The third-order valence-electron chi connectivity index (χ3n) is 7.57. The van der Waals surface area contributed by atoms with E-state index in [9.17, 15) is 21.6 Å². The Morgan fingerprint density at radius 1 is 0.919 bits per heavy atom. The van der Waals surface area contributed by atoms with E-state index in [-0.39, 0.29) is 16.7 Å². The molecule has 0 spiro atoms. The zero-order chi connectivity index (χ0) is 27.8. The van der Waals surface area contributed by atoms with Gasteiger partial charge in [0.05, 0.1) is 8.80 Å². The van der Waals surface area contributed by atoms with Crippen molar-refractivity contribution in [2.75, 3.05) is 0 Å². The molecule has 2 aliphatic carbocycles. The first-order valence-corrected chi connectivity index (χ1v) is 17.1. The van der Waals surface area contributed by atoms with Crippen LogP contribution in [0.25, 0.3) is 17.2 Å². The average Bonchev–Trinajstić information content (AvgIpc) is 3.53. The van der Waals surface area contributed by atoms with Crippen LogP contribution in [0.2, 0.25) is 13.1 Å². The Bertz CT molecular complexity index is 1330. The van der Waals surface area contributed by atoms with Crippen LogP contribution in [-0.4, -0.2) is 22.7 Å². The molecule has 1 atom stereocenters. The average molecular weight is 551 g/mol. The third kappa shape index (κ3) is 4.97. The van der Waals surface area contributed by atoms with Gasteiger partial charge in [0.1, 0.15) is 5.22 Å². The summed E-state index contributed by atoms with van der Waals surface area (Å²) >= 11 is 0.